The van der Waals surface area contributed by atoms with E-state index in [-0.39, 0.29) is 0 Å². The molecule has 0 atom stereocenters. The molecule has 1 N–H and O–H groups in total. The molecule has 134 valence electrons. The number of nitrogens with one attached hydrogen (secondary N) is 1. The molecule has 1 saturated heterocycles. The van der Waals surface area contributed by atoms with Crippen LogP contribution in [0.2, 0.25) is 5.02 Å². The number of hydrogen-bond donors (Lipinski definition) is 1. The van der Waals surface area contributed by atoms with Gasteiger partial charge in [-0.3, -0.25) is 9.67 Å². The fourth-order valence-electron chi connectivity index (χ4n) is 3.12. The number of nitrogens with zero attached hydrogens (tertiary/aromatic N) is 5. The van der Waals surface area contributed by atoms with E-state index in [2.05, 4.69) is 31.3 Å². The zero-order valence-corrected chi connectivity index (χ0v) is 15.6. The van der Waals surface area contributed by atoms with Gasteiger partial charge >= 0.3 is 0 Å². The Kier molecular flexibility index (Phi) is 5.81. The first-order valence-corrected chi connectivity index (χ1v) is 8.98. The van der Waals surface area contributed by atoms with Crippen LogP contribution in [0.4, 0.5) is 5.69 Å². The molecule has 6 nitrogen and oxygen atoms in total. The molecule has 0 unspecified atom stereocenters. The lowest BCUT2D eigenvalue weighted by molar-refractivity contribution is 0.373. The van der Waals surface area contributed by atoms with E-state index in [1.807, 2.05) is 49.4 Å². The van der Waals surface area contributed by atoms with Crippen LogP contribution in [0.1, 0.15) is 5.56 Å². The van der Waals surface area contributed by atoms with Crippen molar-refractivity contribution in [2.45, 2.75) is 6.42 Å². The summed E-state index contributed by atoms with van der Waals surface area (Å²) in [5.41, 5.74) is 2.34. The normalized spacial score (nSPS) is 15.6. The maximum atomic E-state index is 6.31. The second-order valence-corrected chi connectivity index (χ2v) is 6.58. The molecule has 0 amide bonds. The van der Waals surface area contributed by atoms with Crippen LogP contribution >= 0.6 is 11.6 Å². The second kappa shape index (κ2) is 8.25. The highest BCUT2D eigenvalue weighted by atomic mass is 35.5. The molecule has 0 aliphatic carbocycles. The molecular weight excluding hydrogens is 336 g/mol. The summed E-state index contributed by atoms with van der Waals surface area (Å²) in [5.74, 6) is 0.961. The molecule has 0 saturated carbocycles. The minimum Gasteiger partial charge on any atom is -0.367 e. The molecule has 2 aromatic rings. The van der Waals surface area contributed by atoms with Crippen molar-refractivity contribution < 1.29 is 0 Å². The first-order valence-electron chi connectivity index (χ1n) is 8.60. The van der Waals surface area contributed by atoms with Gasteiger partial charge in [0, 0.05) is 53.0 Å². The van der Waals surface area contributed by atoms with Crippen LogP contribution in [0.15, 0.2) is 41.7 Å². The fraction of sp³-hybridized carbons (Fsp3) is 0.444. The summed E-state index contributed by atoms with van der Waals surface area (Å²) in [5, 5.41) is 8.47. The number of guanidine groups is 1. The van der Waals surface area contributed by atoms with Gasteiger partial charge in [-0.1, -0.05) is 23.7 Å². The van der Waals surface area contributed by atoms with Gasteiger partial charge in [0.05, 0.1) is 16.9 Å². The van der Waals surface area contributed by atoms with E-state index in [9.17, 15) is 0 Å². The van der Waals surface area contributed by atoms with Crippen molar-refractivity contribution in [3.63, 3.8) is 0 Å². The van der Waals surface area contributed by atoms with Gasteiger partial charge in [0.2, 0.25) is 0 Å². The van der Waals surface area contributed by atoms with Gasteiger partial charge in [0.25, 0.3) is 0 Å². The monoisotopic (exact) mass is 360 g/mol. The number of hydrogen-bond acceptors (Lipinski definition) is 3. The Labute approximate surface area is 154 Å². The van der Waals surface area contributed by atoms with Crippen LogP contribution < -0.4 is 10.2 Å². The van der Waals surface area contributed by atoms with E-state index in [1.165, 1.54) is 5.56 Å². The van der Waals surface area contributed by atoms with E-state index >= 15 is 0 Å². The van der Waals surface area contributed by atoms with E-state index in [0.717, 1.165) is 55.8 Å². The third kappa shape index (κ3) is 4.45. The summed E-state index contributed by atoms with van der Waals surface area (Å²) in [7, 11) is 3.78. The largest absolute Gasteiger partial charge is 0.367 e. The summed E-state index contributed by atoms with van der Waals surface area (Å²) in [4.78, 5) is 9.07. The maximum Gasteiger partial charge on any atom is 0.193 e. The Balaban J connectivity index is 1.49. The molecule has 1 aliphatic heterocycles. The highest BCUT2D eigenvalue weighted by Crippen LogP contribution is 2.25. The molecule has 2 heterocycles. The Morgan fingerprint density at radius 1 is 1.24 bits per heavy atom. The fourth-order valence-corrected chi connectivity index (χ4v) is 3.37. The Bertz CT molecular complexity index is 718. The third-order valence-corrected chi connectivity index (χ3v) is 4.76. The van der Waals surface area contributed by atoms with E-state index in [0.29, 0.717) is 0 Å². The van der Waals surface area contributed by atoms with Crippen molar-refractivity contribution in [1.29, 1.82) is 0 Å². The SMILES string of the molecule is CN=C(NCCc1cnn(C)c1)N1CCN(c2ccccc2Cl)CC1. The lowest BCUT2D eigenvalue weighted by atomic mass is 10.2. The molecular formula is C18H25ClN6. The first-order chi connectivity index (χ1) is 12.2. The van der Waals surface area contributed by atoms with Crippen molar-refractivity contribution in [1.82, 2.24) is 20.0 Å². The van der Waals surface area contributed by atoms with Crippen molar-refractivity contribution in [2.24, 2.45) is 12.0 Å². The molecule has 1 aliphatic rings. The maximum absolute atomic E-state index is 6.31. The summed E-state index contributed by atoms with van der Waals surface area (Å²) in [6.45, 7) is 4.58. The topological polar surface area (TPSA) is 48.7 Å². The highest BCUT2D eigenvalue weighted by Gasteiger charge is 2.20. The standard InChI is InChI=1S/C18H25ClN6/c1-20-18(21-8-7-15-13-22-23(2)14-15)25-11-9-24(10-12-25)17-6-4-3-5-16(17)19/h3-6,13-14H,7-12H2,1-2H3,(H,20,21). The number of anilines is 1. The smallest absolute Gasteiger partial charge is 0.193 e. The van der Waals surface area contributed by atoms with Gasteiger partial charge in [-0.15, -0.1) is 0 Å². The van der Waals surface area contributed by atoms with Gasteiger partial charge in [-0.05, 0) is 24.1 Å². The molecule has 0 bridgehead atoms. The molecule has 1 aromatic heterocycles. The van der Waals surface area contributed by atoms with Crippen LogP contribution in [-0.4, -0.2) is 60.4 Å². The van der Waals surface area contributed by atoms with Gasteiger partial charge < -0.3 is 15.1 Å². The van der Waals surface area contributed by atoms with E-state index in [1.54, 1.807) is 0 Å². The van der Waals surface area contributed by atoms with Crippen LogP contribution in [0, 0.1) is 0 Å². The summed E-state index contributed by atoms with van der Waals surface area (Å²) in [6, 6.07) is 8.03. The number of piperazine rings is 1. The van der Waals surface area contributed by atoms with Crippen LogP contribution in [0.5, 0.6) is 0 Å². The number of aryl methyl sites for hydroxylation is 1. The zero-order valence-electron chi connectivity index (χ0n) is 14.8. The van der Waals surface area contributed by atoms with Crippen LogP contribution in [0.3, 0.4) is 0 Å². The lowest BCUT2D eigenvalue weighted by Crippen LogP contribution is -2.52. The van der Waals surface area contributed by atoms with Gasteiger partial charge in [-0.25, -0.2) is 0 Å². The molecule has 7 heteroatoms. The molecule has 25 heavy (non-hydrogen) atoms. The molecule has 3 rings (SSSR count). The minimum absolute atomic E-state index is 0.815. The molecule has 0 radical (unpaired) electrons. The number of rotatable bonds is 4. The average molecular weight is 361 g/mol. The average Bonchev–Trinajstić information content (AvgIpc) is 3.05. The number of halogens is 1. The van der Waals surface area contributed by atoms with Gasteiger partial charge in [-0.2, -0.15) is 5.10 Å². The summed E-state index contributed by atoms with van der Waals surface area (Å²) < 4.78 is 1.83. The van der Waals surface area contributed by atoms with Crippen molar-refractivity contribution in [3.05, 3.63) is 47.2 Å². The Morgan fingerprint density at radius 2 is 2.00 bits per heavy atom. The predicted octanol–water partition coefficient (Wildman–Crippen LogP) is 2.01. The third-order valence-electron chi connectivity index (χ3n) is 4.44. The summed E-state index contributed by atoms with van der Waals surface area (Å²) >= 11 is 6.31. The van der Waals surface area contributed by atoms with E-state index in [4.69, 9.17) is 11.6 Å². The second-order valence-electron chi connectivity index (χ2n) is 6.17. The van der Waals surface area contributed by atoms with Crippen LogP contribution in [0.25, 0.3) is 0 Å². The Hall–Kier alpha value is -2.21. The highest BCUT2D eigenvalue weighted by molar-refractivity contribution is 6.33. The first kappa shape index (κ1) is 17.6. The predicted molar refractivity (Wildman–Crippen MR) is 104 cm³/mol. The van der Waals surface area contributed by atoms with Crippen molar-refractivity contribution >= 4 is 23.2 Å². The minimum atomic E-state index is 0.815. The van der Waals surface area contributed by atoms with Crippen molar-refractivity contribution in [2.75, 3.05) is 44.7 Å². The number of benzene rings is 1. The quantitative estimate of drug-likeness (QED) is 0.669. The van der Waals surface area contributed by atoms with Gasteiger partial charge in [0.1, 0.15) is 0 Å². The molecule has 0 spiro atoms. The molecule has 1 fully saturated rings. The van der Waals surface area contributed by atoms with Gasteiger partial charge in [0.15, 0.2) is 5.96 Å². The zero-order chi connectivity index (χ0) is 17.6. The van der Waals surface area contributed by atoms with E-state index < -0.39 is 0 Å². The number of aliphatic imine (C=N–C) groups is 1. The number of aromatic nitrogens is 2. The summed E-state index contributed by atoms with van der Waals surface area (Å²) in [6.07, 6.45) is 4.89. The number of para-hydroxylation sites is 1. The lowest BCUT2D eigenvalue weighted by Gasteiger charge is -2.38. The van der Waals surface area contributed by atoms with Crippen LogP contribution in [-0.2, 0) is 13.5 Å². The Morgan fingerprint density at radius 3 is 2.64 bits per heavy atom. The molecule has 1 aromatic carbocycles. The van der Waals surface area contributed by atoms with Crippen molar-refractivity contribution in [3.8, 4) is 0 Å².